The third-order valence-corrected chi connectivity index (χ3v) is 4.36. The minimum Gasteiger partial charge on any atom is -0.303 e. The van der Waals surface area contributed by atoms with Crippen LogP contribution in [0.5, 0.6) is 0 Å². The van der Waals surface area contributed by atoms with E-state index in [1.54, 1.807) is 0 Å². The maximum atomic E-state index is 5.40. The molecule has 3 rings (SSSR count). The first-order valence-electron chi connectivity index (χ1n) is 7.21. The molecule has 2 heterocycles. The number of hydrogen-bond donors (Lipinski definition) is 1. The Hall–Kier alpha value is -1.46. The normalized spacial score (nSPS) is 19.6. The minimum absolute atomic E-state index is 0.668. The number of benzene rings is 1. The summed E-state index contributed by atoms with van der Waals surface area (Å²) in [5, 5.41) is 7.34. The molecule has 0 bridgehead atoms. The number of aromatic nitrogens is 3. The summed E-state index contributed by atoms with van der Waals surface area (Å²) in [6.45, 7) is 6.68. The Morgan fingerprint density at radius 2 is 2.15 bits per heavy atom. The SMILES string of the molecule is CCN1CCC(Cn2c(-c3ccccc3)n[nH]c2=S)C1. The molecule has 4 nitrogen and oxygen atoms in total. The summed E-state index contributed by atoms with van der Waals surface area (Å²) in [6.07, 6.45) is 1.25. The Bertz CT molecular complexity index is 616. The van der Waals surface area contributed by atoms with E-state index in [9.17, 15) is 0 Å². The van der Waals surface area contributed by atoms with Crippen LogP contribution >= 0.6 is 12.2 Å². The molecule has 1 aromatic carbocycles. The first-order valence-corrected chi connectivity index (χ1v) is 7.61. The summed E-state index contributed by atoms with van der Waals surface area (Å²) < 4.78 is 2.87. The number of nitrogens with one attached hydrogen (secondary N) is 1. The van der Waals surface area contributed by atoms with E-state index in [0.717, 1.165) is 35.8 Å². The molecule has 2 aromatic rings. The summed E-state index contributed by atoms with van der Waals surface area (Å²) in [7, 11) is 0. The molecule has 1 aliphatic rings. The molecule has 20 heavy (non-hydrogen) atoms. The van der Waals surface area contributed by atoms with E-state index in [4.69, 9.17) is 12.2 Å². The molecule has 106 valence electrons. The Balaban J connectivity index is 1.84. The van der Waals surface area contributed by atoms with Gasteiger partial charge in [-0.25, -0.2) is 0 Å². The molecule has 1 unspecified atom stereocenters. The van der Waals surface area contributed by atoms with Crippen LogP contribution < -0.4 is 0 Å². The van der Waals surface area contributed by atoms with Crippen molar-refractivity contribution in [3.8, 4) is 11.4 Å². The van der Waals surface area contributed by atoms with Gasteiger partial charge in [0.1, 0.15) is 0 Å². The Kier molecular flexibility index (Phi) is 3.98. The summed E-state index contributed by atoms with van der Waals surface area (Å²) >= 11 is 5.40. The summed E-state index contributed by atoms with van der Waals surface area (Å²) in [6, 6.07) is 10.2. The smallest absolute Gasteiger partial charge is 0.195 e. The fourth-order valence-corrected chi connectivity index (χ4v) is 3.11. The third kappa shape index (κ3) is 2.69. The zero-order valence-corrected chi connectivity index (χ0v) is 12.6. The molecule has 0 radical (unpaired) electrons. The average Bonchev–Trinajstić information content (AvgIpc) is 3.08. The predicted octanol–water partition coefficient (Wildman–Crippen LogP) is 2.95. The minimum atomic E-state index is 0.668. The molecular weight excluding hydrogens is 268 g/mol. The van der Waals surface area contributed by atoms with Gasteiger partial charge in [-0.1, -0.05) is 37.3 Å². The molecule has 1 atom stereocenters. The van der Waals surface area contributed by atoms with Crippen molar-refractivity contribution in [2.45, 2.75) is 19.9 Å². The van der Waals surface area contributed by atoms with Crippen LogP contribution in [0.15, 0.2) is 30.3 Å². The largest absolute Gasteiger partial charge is 0.303 e. The second kappa shape index (κ2) is 5.89. The molecule has 0 spiro atoms. The van der Waals surface area contributed by atoms with Crippen LogP contribution in [-0.4, -0.2) is 39.3 Å². The zero-order valence-electron chi connectivity index (χ0n) is 11.7. The molecule has 1 aliphatic heterocycles. The Morgan fingerprint density at radius 3 is 2.85 bits per heavy atom. The summed E-state index contributed by atoms with van der Waals surface area (Å²) in [4.78, 5) is 2.50. The van der Waals surface area contributed by atoms with Crippen LogP contribution in [0.1, 0.15) is 13.3 Å². The van der Waals surface area contributed by atoms with Gasteiger partial charge in [0.05, 0.1) is 0 Å². The van der Waals surface area contributed by atoms with E-state index in [-0.39, 0.29) is 0 Å². The van der Waals surface area contributed by atoms with Gasteiger partial charge >= 0.3 is 0 Å². The van der Waals surface area contributed by atoms with Gasteiger partial charge in [-0.15, -0.1) is 0 Å². The summed E-state index contributed by atoms with van der Waals surface area (Å²) in [5.74, 6) is 1.62. The quantitative estimate of drug-likeness (QED) is 0.879. The van der Waals surface area contributed by atoms with Gasteiger partial charge in [-0.05, 0) is 37.6 Å². The van der Waals surface area contributed by atoms with E-state index in [1.807, 2.05) is 18.2 Å². The van der Waals surface area contributed by atoms with Crippen LogP contribution in [0.4, 0.5) is 0 Å². The van der Waals surface area contributed by atoms with Gasteiger partial charge < -0.3 is 4.90 Å². The van der Waals surface area contributed by atoms with Crippen LogP contribution in [0.2, 0.25) is 0 Å². The standard InChI is InChI=1S/C15H20N4S/c1-2-18-9-8-12(10-18)11-19-14(16-17-15(19)20)13-6-4-3-5-7-13/h3-7,12H,2,8-11H2,1H3,(H,17,20). The van der Waals surface area contributed by atoms with Crippen molar-refractivity contribution in [3.63, 3.8) is 0 Å². The second-order valence-corrected chi connectivity index (χ2v) is 5.76. The monoisotopic (exact) mass is 288 g/mol. The maximum Gasteiger partial charge on any atom is 0.195 e. The number of nitrogens with zero attached hydrogens (tertiary/aromatic N) is 3. The predicted molar refractivity (Wildman–Crippen MR) is 83.1 cm³/mol. The lowest BCUT2D eigenvalue weighted by Crippen LogP contribution is -2.21. The lowest BCUT2D eigenvalue weighted by Gasteiger charge is -2.14. The second-order valence-electron chi connectivity index (χ2n) is 5.38. The molecule has 1 saturated heterocycles. The van der Waals surface area contributed by atoms with Crippen molar-refractivity contribution >= 4 is 12.2 Å². The van der Waals surface area contributed by atoms with Gasteiger partial charge in [0.2, 0.25) is 0 Å². The molecule has 1 aromatic heterocycles. The Labute approximate surface area is 124 Å². The molecule has 1 N–H and O–H groups in total. The van der Waals surface area contributed by atoms with Crippen LogP contribution in [-0.2, 0) is 6.54 Å². The number of rotatable bonds is 4. The van der Waals surface area contributed by atoms with Gasteiger partial charge in [0.15, 0.2) is 10.6 Å². The zero-order chi connectivity index (χ0) is 13.9. The fourth-order valence-electron chi connectivity index (χ4n) is 2.90. The van der Waals surface area contributed by atoms with Crippen molar-refractivity contribution in [2.75, 3.05) is 19.6 Å². The topological polar surface area (TPSA) is 36.9 Å². The highest BCUT2D eigenvalue weighted by molar-refractivity contribution is 7.71. The van der Waals surface area contributed by atoms with Crippen LogP contribution in [0.25, 0.3) is 11.4 Å². The molecule has 5 heteroatoms. The number of likely N-dealkylation sites (tertiary alicyclic amines) is 1. The van der Waals surface area contributed by atoms with E-state index in [0.29, 0.717) is 5.92 Å². The van der Waals surface area contributed by atoms with Crippen LogP contribution in [0, 0.1) is 10.7 Å². The molecule has 0 aliphatic carbocycles. The summed E-state index contributed by atoms with van der Waals surface area (Å²) in [5.41, 5.74) is 1.12. The van der Waals surface area contributed by atoms with Crippen molar-refractivity contribution in [3.05, 3.63) is 35.1 Å². The lowest BCUT2D eigenvalue weighted by atomic mass is 10.1. The van der Waals surface area contributed by atoms with E-state index in [1.165, 1.54) is 13.0 Å². The van der Waals surface area contributed by atoms with Gasteiger partial charge in [0.25, 0.3) is 0 Å². The molecule has 1 fully saturated rings. The number of H-pyrrole nitrogens is 1. The van der Waals surface area contributed by atoms with Crippen molar-refractivity contribution < 1.29 is 0 Å². The molecule has 0 saturated carbocycles. The van der Waals surface area contributed by atoms with Gasteiger partial charge in [0, 0.05) is 18.7 Å². The first kappa shape index (κ1) is 13.5. The van der Waals surface area contributed by atoms with Crippen molar-refractivity contribution in [1.82, 2.24) is 19.7 Å². The highest BCUT2D eigenvalue weighted by Gasteiger charge is 2.23. The fraction of sp³-hybridized carbons (Fsp3) is 0.467. The third-order valence-electron chi connectivity index (χ3n) is 4.05. The molecular formula is C15H20N4S. The van der Waals surface area contributed by atoms with Gasteiger partial charge in [-0.2, -0.15) is 5.10 Å². The highest BCUT2D eigenvalue weighted by Crippen LogP contribution is 2.22. The van der Waals surface area contributed by atoms with E-state index < -0.39 is 0 Å². The first-order chi connectivity index (χ1) is 9.78. The maximum absolute atomic E-state index is 5.40. The van der Waals surface area contributed by atoms with Crippen LogP contribution in [0.3, 0.4) is 0 Å². The molecule has 0 amide bonds. The lowest BCUT2D eigenvalue weighted by molar-refractivity contribution is 0.332. The van der Waals surface area contributed by atoms with E-state index >= 15 is 0 Å². The van der Waals surface area contributed by atoms with Gasteiger partial charge in [-0.3, -0.25) is 9.67 Å². The number of hydrogen-bond acceptors (Lipinski definition) is 3. The average molecular weight is 288 g/mol. The number of aromatic amines is 1. The van der Waals surface area contributed by atoms with Crippen molar-refractivity contribution in [1.29, 1.82) is 0 Å². The van der Waals surface area contributed by atoms with Crippen molar-refractivity contribution in [2.24, 2.45) is 5.92 Å². The Morgan fingerprint density at radius 1 is 1.35 bits per heavy atom. The highest BCUT2D eigenvalue weighted by atomic mass is 32.1. The van der Waals surface area contributed by atoms with E-state index in [2.05, 4.69) is 38.7 Å².